The van der Waals surface area contributed by atoms with Gasteiger partial charge in [-0.15, -0.1) is 0 Å². The molecule has 5 nitrogen and oxygen atoms in total. The van der Waals surface area contributed by atoms with Crippen molar-refractivity contribution in [2.75, 3.05) is 13.1 Å². The number of aliphatic imine (C=N–C) groups is 1. The molecule has 5 heteroatoms. The Morgan fingerprint density at radius 3 is 2.61 bits per heavy atom. The van der Waals surface area contributed by atoms with Gasteiger partial charge in [-0.2, -0.15) is 0 Å². The zero-order valence-corrected chi connectivity index (χ0v) is 16.9. The Bertz CT molecular complexity index is 660. The highest BCUT2D eigenvalue weighted by atomic mass is 16.4. The van der Waals surface area contributed by atoms with Crippen LogP contribution in [0.5, 0.6) is 0 Å². The van der Waals surface area contributed by atoms with Gasteiger partial charge in [0.2, 0.25) is 0 Å². The Kier molecular flexibility index (Phi) is 7.49. The molecule has 2 aliphatic carbocycles. The summed E-state index contributed by atoms with van der Waals surface area (Å²) in [5.74, 6) is 0.136. The molecule has 1 aromatic carbocycles. The van der Waals surface area contributed by atoms with Crippen molar-refractivity contribution < 1.29 is 9.90 Å². The van der Waals surface area contributed by atoms with Crippen molar-refractivity contribution in [1.82, 2.24) is 5.32 Å². The van der Waals surface area contributed by atoms with E-state index >= 15 is 0 Å². The standard InChI is InChI=1S/C14H18N2.C9H17NO2/c1-2-4-13-7-11(5-6-12(13)3-1)8-14-9-15-10-16-14;10-7-9(6-8(11)12)4-2-1-3-5-9/h1-4,10-11,14H,5-9H2,(H,15,16);1-7,10H2,(H,11,12). The lowest BCUT2D eigenvalue weighted by Crippen LogP contribution is -2.34. The fourth-order valence-electron chi connectivity index (χ4n) is 4.99. The summed E-state index contributed by atoms with van der Waals surface area (Å²) in [7, 11) is 0. The van der Waals surface area contributed by atoms with Crippen LogP contribution in [0.1, 0.15) is 62.5 Å². The van der Waals surface area contributed by atoms with Crippen LogP contribution in [-0.4, -0.2) is 36.5 Å². The Hall–Kier alpha value is -1.88. The van der Waals surface area contributed by atoms with Gasteiger partial charge in [-0.3, -0.25) is 9.79 Å². The number of nitrogens with one attached hydrogen (secondary N) is 1. The van der Waals surface area contributed by atoms with Crippen molar-refractivity contribution in [3.05, 3.63) is 35.4 Å². The van der Waals surface area contributed by atoms with Gasteiger partial charge in [-0.05, 0) is 67.5 Å². The summed E-state index contributed by atoms with van der Waals surface area (Å²) < 4.78 is 0. The summed E-state index contributed by atoms with van der Waals surface area (Å²) in [5, 5.41) is 12.0. The first kappa shape index (κ1) is 20.8. The Balaban J connectivity index is 0.000000169. The lowest BCUT2D eigenvalue weighted by Gasteiger charge is -2.34. The van der Waals surface area contributed by atoms with E-state index in [0.29, 0.717) is 12.6 Å². The number of hydrogen-bond donors (Lipinski definition) is 3. The van der Waals surface area contributed by atoms with Crippen molar-refractivity contribution in [2.24, 2.45) is 22.1 Å². The highest BCUT2D eigenvalue weighted by Crippen LogP contribution is 2.38. The predicted octanol–water partition coefficient (Wildman–Crippen LogP) is 3.55. The highest BCUT2D eigenvalue weighted by Gasteiger charge is 2.32. The molecule has 4 rings (SSSR count). The van der Waals surface area contributed by atoms with Gasteiger partial charge in [0.15, 0.2) is 0 Å². The van der Waals surface area contributed by atoms with Crippen molar-refractivity contribution in [2.45, 2.75) is 70.3 Å². The molecule has 1 fully saturated rings. The van der Waals surface area contributed by atoms with Crippen LogP contribution in [0, 0.1) is 11.3 Å². The average Bonchev–Trinajstić information content (AvgIpc) is 3.22. The van der Waals surface area contributed by atoms with E-state index in [1.54, 1.807) is 11.1 Å². The van der Waals surface area contributed by atoms with Gasteiger partial charge in [-0.25, -0.2) is 0 Å². The van der Waals surface area contributed by atoms with Crippen LogP contribution in [0.25, 0.3) is 0 Å². The molecule has 0 amide bonds. The van der Waals surface area contributed by atoms with E-state index < -0.39 is 5.97 Å². The van der Waals surface area contributed by atoms with E-state index in [1.807, 2.05) is 6.34 Å². The fourth-order valence-corrected chi connectivity index (χ4v) is 4.99. The van der Waals surface area contributed by atoms with Crippen LogP contribution >= 0.6 is 0 Å². The van der Waals surface area contributed by atoms with Crippen LogP contribution in [0.15, 0.2) is 29.3 Å². The van der Waals surface area contributed by atoms with Gasteiger partial charge in [-0.1, -0.05) is 43.5 Å². The van der Waals surface area contributed by atoms with E-state index in [0.717, 1.165) is 38.1 Å². The molecular weight excluding hydrogens is 350 g/mol. The van der Waals surface area contributed by atoms with Gasteiger partial charge in [0, 0.05) is 6.04 Å². The molecule has 2 unspecified atom stereocenters. The minimum absolute atomic E-state index is 0.0793. The number of rotatable bonds is 5. The summed E-state index contributed by atoms with van der Waals surface area (Å²) in [4.78, 5) is 14.8. The quantitative estimate of drug-likeness (QED) is 0.723. The SMILES string of the molecule is C1=NCC(CC2CCc3ccccc3C2)N1.NCC1(CC(=O)O)CCCCC1. The Morgan fingerprint density at radius 2 is 1.96 bits per heavy atom. The molecule has 4 N–H and O–H groups in total. The van der Waals surface area contributed by atoms with Gasteiger partial charge in [0.25, 0.3) is 0 Å². The van der Waals surface area contributed by atoms with Crippen LogP contribution in [0.2, 0.25) is 0 Å². The van der Waals surface area contributed by atoms with Crippen molar-refractivity contribution in [3.63, 3.8) is 0 Å². The monoisotopic (exact) mass is 385 g/mol. The molecule has 1 aromatic rings. The summed E-state index contributed by atoms with van der Waals surface area (Å²) in [6.45, 7) is 1.50. The molecule has 1 aliphatic heterocycles. The van der Waals surface area contributed by atoms with Gasteiger partial charge in [0.05, 0.1) is 19.3 Å². The minimum Gasteiger partial charge on any atom is -0.481 e. The number of nitrogens with two attached hydrogens (primary N) is 1. The minimum atomic E-state index is -0.706. The maximum atomic E-state index is 10.6. The van der Waals surface area contributed by atoms with Crippen LogP contribution in [0.3, 0.4) is 0 Å². The van der Waals surface area contributed by atoms with Gasteiger partial charge >= 0.3 is 5.97 Å². The number of nitrogens with zero attached hydrogens (tertiary/aromatic N) is 1. The van der Waals surface area contributed by atoms with E-state index in [1.165, 1.54) is 32.1 Å². The second-order valence-corrected chi connectivity index (χ2v) is 8.81. The Labute approximate surface area is 168 Å². The van der Waals surface area contributed by atoms with Crippen LogP contribution in [-0.2, 0) is 17.6 Å². The van der Waals surface area contributed by atoms with Crippen molar-refractivity contribution in [3.8, 4) is 0 Å². The zero-order valence-electron chi connectivity index (χ0n) is 16.9. The van der Waals surface area contributed by atoms with E-state index in [4.69, 9.17) is 10.8 Å². The lowest BCUT2D eigenvalue weighted by atomic mass is 9.72. The zero-order chi connectivity index (χ0) is 19.8. The Morgan fingerprint density at radius 1 is 1.21 bits per heavy atom. The molecule has 154 valence electrons. The first-order valence-corrected chi connectivity index (χ1v) is 10.8. The maximum Gasteiger partial charge on any atom is 0.303 e. The van der Waals surface area contributed by atoms with E-state index in [-0.39, 0.29) is 11.8 Å². The molecule has 1 heterocycles. The number of hydrogen-bond acceptors (Lipinski definition) is 4. The summed E-state index contributed by atoms with van der Waals surface area (Å²) in [6, 6.07) is 9.49. The third-order valence-electron chi connectivity index (χ3n) is 6.67. The highest BCUT2D eigenvalue weighted by molar-refractivity contribution is 5.67. The van der Waals surface area contributed by atoms with Gasteiger partial charge < -0.3 is 16.2 Å². The molecule has 0 radical (unpaired) electrons. The predicted molar refractivity (Wildman–Crippen MR) is 114 cm³/mol. The summed E-state index contributed by atoms with van der Waals surface area (Å²) in [6.07, 6.45) is 12.8. The van der Waals surface area contributed by atoms with Crippen LogP contribution < -0.4 is 11.1 Å². The van der Waals surface area contributed by atoms with E-state index in [2.05, 4.69) is 34.6 Å². The molecule has 1 saturated carbocycles. The second-order valence-electron chi connectivity index (χ2n) is 8.81. The number of carbonyl (C=O) groups is 1. The second kappa shape index (κ2) is 10.1. The summed E-state index contributed by atoms with van der Waals surface area (Å²) in [5.41, 5.74) is 8.68. The smallest absolute Gasteiger partial charge is 0.303 e. The van der Waals surface area contributed by atoms with Crippen LogP contribution in [0.4, 0.5) is 0 Å². The molecule has 2 atom stereocenters. The summed E-state index contributed by atoms with van der Waals surface area (Å²) >= 11 is 0. The van der Waals surface area contributed by atoms with E-state index in [9.17, 15) is 4.79 Å². The number of aliphatic carboxylic acids is 1. The molecule has 0 aromatic heterocycles. The number of carboxylic acids is 1. The topological polar surface area (TPSA) is 87.7 Å². The number of fused-ring (bicyclic) bond motifs is 1. The number of carboxylic acid groups (broad SMARTS) is 1. The largest absolute Gasteiger partial charge is 0.481 e. The molecule has 0 spiro atoms. The number of benzene rings is 1. The van der Waals surface area contributed by atoms with Crippen molar-refractivity contribution >= 4 is 12.3 Å². The molecular formula is C23H35N3O2. The van der Waals surface area contributed by atoms with Crippen molar-refractivity contribution in [1.29, 1.82) is 0 Å². The third-order valence-corrected chi connectivity index (χ3v) is 6.67. The molecule has 0 bridgehead atoms. The lowest BCUT2D eigenvalue weighted by molar-refractivity contribution is -0.140. The molecule has 3 aliphatic rings. The first-order valence-electron chi connectivity index (χ1n) is 10.8. The molecule has 28 heavy (non-hydrogen) atoms. The third kappa shape index (κ3) is 5.81. The normalized spacial score (nSPS) is 25.2. The first-order chi connectivity index (χ1) is 13.6. The molecule has 0 saturated heterocycles. The van der Waals surface area contributed by atoms with Gasteiger partial charge in [0.1, 0.15) is 0 Å². The maximum absolute atomic E-state index is 10.6. The fraction of sp³-hybridized carbons (Fsp3) is 0.652. The average molecular weight is 386 g/mol. The number of aryl methyl sites for hydroxylation is 1.